The van der Waals surface area contributed by atoms with Crippen molar-refractivity contribution in [3.63, 3.8) is 0 Å². The lowest BCUT2D eigenvalue weighted by Gasteiger charge is -2.12. The van der Waals surface area contributed by atoms with Crippen LogP contribution in [0.1, 0.15) is 54.3 Å². The first-order valence-corrected chi connectivity index (χ1v) is 9.28. The van der Waals surface area contributed by atoms with Crippen molar-refractivity contribution < 1.29 is 23.9 Å². The average Bonchev–Trinajstić information content (AvgIpc) is 2.67. The number of Topliss-reactive ketones (excluding diaryl/α,β-unsaturated/α-hetero) is 2. The largest absolute Gasteiger partial charge is 0.483 e. The van der Waals surface area contributed by atoms with Gasteiger partial charge in [0.05, 0.1) is 5.56 Å². The molecule has 0 unspecified atom stereocenters. The number of rotatable bonds is 9. The number of nitrogens with one attached hydrogen (secondary N) is 2. The van der Waals surface area contributed by atoms with E-state index in [1.165, 1.54) is 19.9 Å². The molecule has 152 valence electrons. The Balaban J connectivity index is 2.04. The van der Waals surface area contributed by atoms with Crippen molar-refractivity contribution in [3.05, 3.63) is 53.6 Å². The minimum atomic E-state index is -0.430. The summed E-state index contributed by atoms with van der Waals surface area (Å²) in [5, 5.41) is 5.37. The predicted octanol–water partition coefficient (Wildman–Crippen LogP) is 3.85. The van der Waals surface area contributed by atoms with Gasteiger partial charge in [0.2, 0.25) is 5.91 Å². The van der Waals surface area contributed by atoms with E-state index in [1.54, 1.807) is 36.4 Å². The summed E-state index contributed by atoms with van der Waals surface area (Å²) in [6, 6.07) is 11.3. The van der Waals surface area contributed by atoms with Gasteiger partial charge in [-0.15, -0.1) is 0 Å². The van der Waals surface area contributed by atoms with Crippen LogP contribution in [0, 0.1) is 0 Å². The van der Waals surface area contributed by atoms with Crippen molar-refractivity contribution in [2.45, 2.75) is 33.6 Å². The van der Waals surface area contributed by atoms with E-state index in [4.69, 9.17) is 4.74 Å². The number of carbonyl (C=O) groups excluding carboxylic acids is 4. The third-order valence-corrected chi connectivity index (χ3v) is 4.03. The van der Waals surface area contributed by atoms with E-state index in [2.05, 4.69) is 10.6 Å². The third kappa shape index (κ3) is 6.57. The summed E-state index contributed by atoms with van der Waals surface area (Å²) in [5.74, 6) is -0.669. The Morgan fingerprint density at radius 2 is 1.55 bits per heavy atom. The standard InChI is InChI=1S/C22H24N2O5/c1-4-6-21(27)23-18-9-10-20(19(12-18)15(3)26)29-13-22(28)24-17-8-5-7-16(11-17)14(2)25/h5,7-12H,4,6,13H2,1-3H3,(H,23,27)(H,24,28). The van der Waals surface area contributed by atoms with Crippen molar-refractivity contribution in [1.29, 1.82) is 0 Å². The average molecular weight is 396 g/mol. The first-order valence-electron chi connectivity index (χ1n) is 9.28. The summed E-state index contributed by atoms with van der Waals surface area (Å²) < 4.78 is 5.51. The lowest BCUT2D eigenvalue weighted by Crippen LogP contribution is -2.21. The molecule has 29 heavy (non-hydrogen) atoms. The van der Waals surface area contributed by atoms with E-state index < -0.39 is 5.91 Å². The molecule has 0 aromatic heterocycles. The van der Waals surface area contributed by atoms with Crippen molar-refractivity contribution in [2.75, 3.05) is 17.2 Å². The van der Waals surface area contributed by atoms with Gasteiger partial charge in [-0.2, -0.15) is 0 Å². The minimum Gasteiger partial charge on any atom is -0.483 e. The zero-order chi connectivity index (χ0) is 21.4. The molecule has 0 aliphatic carbocycles. The Morgan fingerprint density at radius 3 is 2.21 bits per heavy atom. The quantitative estimate of drug-likeness (QED) is 0.627. The van der Waals surface area contributed by atoms with Crippen molar-refractivity contribution >= 4 is 34.8 Å². The van der Waals surface area contributed by atoms with E-state index in [-0.39, 0.29) is 35.4 Å². The number of carbonyl (C=O) groups is 4. The van der Waals surface area contributed by atoms with E-state index in [0.717, 1.165) is 6.42 Å². The Labute approximate surface area is 169 Å². The third-order valence-electron chi connectivity index (χ3n) is 4.03. The number of anilines is 2. The van der Waals surface area contributed by atoms with Gasteiger partial charge < -0.3 is 15.4 Å². The maximum absolute atomic E-state index is 12.2. The summed E-state index contributed by atoms with van der Waals surface area (Å²) in [6.07, 6.45) is 1.11. The summed E-state index contributed by atoms with van der Waals surface area (Å²) >= 11 is 0. The van der Waals surface area contributed by atoms with Gasteiger partial charge in [-0.05, 0) is 50.6 Å². The monoisotopic (exact) mass is 396 g/mol. The molecule has 0 fully saturated rings. The van der Waals surface area contributed by atoms with Gasteiger partial charge in [-0.3, -0.25) is 19.2 Å². The second kappa shape index (κ2) is 10.2. The molecule has 0 aliphatic rings. The maximum Gasteiger partial charge on any atom is 0.262 e. The molecule has 2 aromatic rings. The zero-order valence-corrected chi connectivity index (χ0v) is 16.7. The van der Waals surface area contributed by atoms with Crippen molar-refractivity contribution in [3.8, 4) is 5.75 Å². The van der Waals surface area contributed by atoms with Crippen LogP contribution in [0.15, 0.2) is 42.5 Å². The molecule has 0 saturated carbocycles. The lowest BCUT2D eigenvalue weighted by molar-refractivity contribution is -0.118. The van der Waals surface area contributed by atoms with Crippen LogP contribution in [0.2, 0.25) is 0 Å². The van der Waals surface area contributed by atoms with Crippen LogP contribution >= 0.6 is 0 Å². The number of hydrogen-bond acceptors (Lipinski definition) is 5. The fraction of sp³-hybridized carbons (Fsp3) is 0.273. The molecule has 0 aliphatic heterocycles. The van der Waals surface area contributed by atoms with Crippen LogP contribution in [0.5, 0.6) is 5.75 Å². The van der Waals surface area contributed by atoms with E-state index >= 15 is 0 Å². The molecule has 0 atom stereocenters. The highest BCUT2D eigenvalue weighted by atomic mass is 16.5. The minimum absolute atomic E-state index is 0.102. The van der Waals surface area contributed by atoms with Gasteiger partial charge >= 0.3 is 0 Å². The van der Waals surface area contributed by atoms with Gasteiger partial charge in [-0.25, -0.2) is 0 Å². The molecule has 0 radical (unpaired) electrons. The molecule has 0 spiro atoms. The fourth-order valence-corrected chi connectivity index (χ4v) is 2.62. The van der Waals surface area contributed by atoms with Crippen molar-refractivity contribution in [1.82, 2.24) is 0 Å². The van der Waals surface area contributed by atoms with Gasteiger partial charge in [0.25, 0.3) is 5.91 Å². The molecule has 0 bridgehead atoms. The molecule has 2 rings (SSSR count). The lowest BCUT2D eigenvalue weighted by atomic mass is 10.1. The molecule has 2 amide bonds. The first kappa shape index (κ1) is 21.8. The fourth-order valence-electron chi connectivity index (χ4n) is 2.62. The molecule has 2 N–H and O–H groups in total. The molecular weight excluding hydrogens is 372 g/mol. The van der Waals surface area contributed by atoms with Gasteiger partial charge in [0.1, 0.15) is 5.75 Å². The van der Waals surface area contributed by atoms with E-state index in [9.17, 15) is 19.2 Å². The van der Waals surface area contributed by atoms with E-state index in [1.807, 2.05) is 6.92 Å². The van der Waals surface area contributed by atoms with Crippen LogP contribution < -0.4 is 15.4 Å². The first-order chi connectivity index (χ1) is 13.8. The highest BCUT2D eigenvalue weighted by molar-refractivity contribution is 6.00. The zero-order valence-electron chi connectivity index (χ0n) is 16.7. The van der Waals surface area contributed by atoms with Crippen LogP contribution in [-0.4, -0.2) is 30.0 Å². The maximum atomic E-state index is 12.2. The van der Waals surface area contributed by atoms with Crippen LogP contribution in [-0.2, 0) is 9.59 Å². The van der Waals surface area contributed by atoms with Crippen LogP contribution in [0.4, 0.5) is 11.4 Å². The highest BCUT2D eigenvalue weighted by Crippen LogP contribution is 2.24. The van der Waals surface area contributed by atoms with Gasteiger partial charge in [0.15, 0.2) is 18.2 Å². The van der Waals surface area contributed by atoms with Crippen LogP contribution in [0.25, 0.3) is 0 Å². The molecule has 2 aromatic carbocycles. The number of benzene rings is 2. The molecule has 7 nitrogen and oxygen atoms in total. The number of ether oxygens (including phenoxy) is 1. The summed E-state index contributed by atoms with van der Waals surface area (Å²) in [6.45, 7) is 4.42. The second-order valence-electron chi connectivity index (χ2n) is 6.54. The second-order valence-corrected chi connectivity index (χ2v) is 6.54. The van der Waals surface area contributed by atoms with E-state index in [0.29, 0.717) is 23.4 Å². The number of amides is 2. The Kier molecular flexibility index (Phi) is 7.65. The number of hydrogen-bond donors (Lipinski definition) is 2. The van der Waals surface area contributed by atoms with Gasteiger partial charge in [-0.1, -0.05) is 19.1 Å². The SMILES string of the molecule is CCCC(=O)Nc1ccc(OCC(=O)Nc2cccc(C(C)=O)c2)c(C(C)=O)c1. The molecule has 0 saturated heterocycles. The Bertz CT molecular complexity index is 937. The smallest absolute Gasteiger partial charge is 0.262 e. The molecular formula is C22H24N2O5. The van der Waals surface area contributed by atoms with Crippen LogP contribution in [0.3, 0.4) is 0 Å². The topological polar surface area (TPSA) is 102 Å². The highest BCUT2D eigenvalue weighted by Gasteiger charge is 2.13. The molecule has 7 heteroatoms. The summed E-state index contributed by atoms with van der Waals surface area (Å²) in [7, 11) is 0. The Hall–Kier alpha value is -3.48. The predicted molar refractivity (Wildman–Crippen MR) is 111 cm³/mol. The number of ketones is 2. The summed E-state index contributed by atoms with van der Waals surface area (Å²) in [5.41, 5.74) is 1.73. The summed E-state index contributed by atoms with van der Waals surface area (Å²) in [4.78, 5) is 47.3. The molecule has 0 heterocycles. The van der Waals surface area contributed by atoms with Gasteiger partial charge in [0, 0.05) is 23.4 Å². The normalized spacial score (nSPS) is 10.2. The Morgan fingerprint density at radius 1 is 0.862 bits per heavy atom. The van der Waals surface area contributed by atoms with Crippen molar-refractivity contribution in [2.24, 2.45) is 0 Å².